The van der Waals surface area contributed by atoms with E-state index in [-0.39, 0.29) is 34.6 Å². The fraction of sp³-hybridized carbons (Fsp3) is 0.810. The minimum absolute atomic E-state index is 0.0105. The predicted octanol–water partition coefficient (Wildman–Crippen LogP) is 4.96. The summed E-state index contributed by atoms with van der Waals surface area (Å²) < 4.78 is 0. The van der Waals surface area contributed by atoms with Crippen LogP contribution in [0.3, 0.4) is 0 Å². The molecule has 0 bridgehead atoms. The second kappa shape index (κ2) is 6.14. The van der Waals surface area contributed by atoms with Crippen LogP contribution >= 0.6 is 0 Å². The number of fused-ring (bicyclic) bond motifs is 1. The Kier molecular flexibility index (Phi) is 4.91. The Morgan fingerprint density at radius 3 is 2.04 bits per heavy atom. The smallest absolute Gasteiger partial charge is 0.303 e. The molecular formula is C21H36N2O2. The Balaban J connectivity index is 2.62. The molecule has 1 fully saturated rings. The molecule has 0 radical (unpaired) electrons. The second-order valence-corrected chi connectivity index (χ2v) is 10.9. The van der Waals surface area contributed by atoms with Crippen LogP contribution < -0.4 is 0 Å². The van der Waals surface area contributed by atoms with Gasteiger partial charge in [-0.1, -0.05) is 62.3 Å². The average Bonchev–Trinajstić information content (AvgIpc) is 2.74. The molecule has 0 aromatic carbocycles. The summed E-state index contributed by atoms with van der Waals surface area (Å²) in [5.74, 6) is 0.573. The molecule has 4 heteroatoms. The largest absolute Gasteiger partial charge is 0.481 e. The molecule has 0 aliphatic carbocycles. The van der Waals surface area contributed by atoms with Gasteiger partial charge in [0.25, 0.3) is 0 Å². The summed E-state index contributed by atoms with van der Waals surface area (Å²) in [5, 5.41) is 9.28. The molecule has 4 nitrogen and oxygen atoms in total. The van der Waals surface area contributed by atoms with Crippen molar-refractivity contribution in [3.8, 4) is 0 Å². The lowest BCUT2D eigenvalue weighted by Crippen LogP contribution is -2.47. The minimum Gasteiger partial charge on any atom is -0.481 e. The molecule has 0 aromatic rings. The van der Waals surface area contributed by atoms with E-state index < -0.39 is 5.97 Å². The molecule has 2 aliphatic rings. The van der Waals surface area contributed by atoms with Crippen LogP contribution in [0.25, 0.3) is 0 Å². The van der Waals surface area contributed by atoms with Crippen LogP contribution in [0.2, 0.25) is 0 Å². The van der Waals surface area contributed by atoms with Crippen LogP contribution in [-0.2, 0) is 4.79 Å². The van der Waals surface area contributed by atoms with E-state index in [1.807, 2.05) is 0 Å². The van der Waals surface area contributed by atoms with Gasteiger partial charge in [0.05, 0.1) is 12.5 Å². The zero-order chi connectivity index (χ0) is 19.4. The van der Waals surface area contributed by atoms with Gasteiger partial charge in [-0.15, -0.1) is 0 Å². The molecule has 142 valence electrons. The third-order valence-corrected chi connectivity index (χ3v) is 5.10. The maximum absolute atomic E-state index is 11.3. The Hall–Kier alpha value is -1.32. The third-order valence-electron chi connectivity index (χ3n) is 5.10. The molecule has 2 atom stereocenters. The minimum atomic E-state index is -0.704. The zero-order valence-electron chi connectivity index (χ0n) is 17.5. The first-order chi connectivity index (χ1) is 11.1. The van der Waals surface area contributed by atoms with E-state index in [1.54, 1.807) is 0 Å². The third kappa shape index (κ3) is 4.09. The normalized spacial score (nSPS) is 25.2. The van der Waals surface area contributed by atoms with Crippen LogP contribution in [0.15, 0.2) is 16.3 Å². The first kappa shape index (κ1) is 20.0. The van der Waals surface area contributed by atoms with E-state index in [4.69, 9.17) is 4.99 Å². The number of nitrogens with zero attached hydrogens (tertiary/aromatic N) is 2. The highest BCUT2D eigenvalue weighted by Gasteiger charge is 2.46. The van der Waals surface area contributed by atoms with Gasteiger partial charge in [0.15, 0.2) is 0 Å². The van der Waals surface area contributed by atoms with Crippen LogP contribution in [0.5, 0.6) is 0 Å². The first-order valence-electron chi connectivity index (χ1n) is 9.43. The van der Waals surface area contributed by atoms with Gasteiger partial charge in [-0.3, -0.25) is 9.79 Å². The van der Waals surface area contributed by atoms with Gasteiger partial charge in [-0.05, 0) is 28.7 Å². The van der Waals surface area contributed by atoms with Crippen LogP contribution in [0.4, 0.5) is 0 Å². The molecule has 2 unspecified atom stereocenters. The summed E-state index contributed by atoms with van der Waals surface area (Å²) >= 11 is 0. The standard InChI is InChI=1S/C21H36N2O2/c1-19(2,3)16-14-10-13(11-15(24)25)12-23(14)18(21(7,8)9)22-17(16)20(4,5)6/h13,17H,10-12H2,1-9H3,(H,24,25). The fourth-order valence-electron chi connectivity index (χ4n) is 4.15. The number of carboxylic acids is 1. The van der Waals surface area contributed by atoms with Gasteiger partial charge in [0, 0.05) is 17.7 Å². The number of rotatable bonds is 2. The average molecular weight is 349 g/mol. The number of carbonyl (C=O) groups is 1. The number of carboxylic acid groups (broad SMARTS) is 1. The van der Waals surface area contributed by atoms with Gasteiger partial charge in [-0.25, -0.2) is 0 Å². The number of allylic oxidation sites excluding steroid dienone is 1. The van der Waals surface area contributed by atoms with Crippen molar-refractivity contribution in [1.82, 2.24) is 4.90 Å². The number of hydrogen-bond donors (Lipinski definition) is 1. The summed E-state index contributed by atoms with van der Waals surface area (Å²) in [6.45, 7) is 20.9. The number of aliphatic imine (C=N–C) groups is 1. The Bertz CT molecular complexity index is 609. The number of amidine groups is 1. The monoisotopic (exact) mass is 348 g/mol. The van der Waals surface area contributed by atoms with Crippen molar-refractivity contribution < 1.29 is 9.90 Å². The van der Waals surface area contributed by atoms with E-state index in [0.29, 0.717) is 0 Å². The lowest BCUT2D eigenvalue weighted by atomic mass is 9.70. The van der Waals surface area contributed by atoms with Crippen molar-refractivity contribution in [2.45, 2.75) is 81.2 Å². The fourth-order valence-corrected chi connectivity index (χ4v) is 4.15. The lowest BCUT2D eigenvalue weighted by molar-refractivity contribution is -0.137. The van der Waals surface area contributed by atoms with Crippen molar-refractivity contribution in [2.24, 2.45) is 27.2 Å². The highest BCUT2D eigenvalue weighted by molar-refractivity contribution is 5.90. The lowest BCUT2D eigenvalue weighted by Gasteiger charge is -2.45. The van der Waals surface area contributed by atoms with E-state index in [0.717, 1.165) is 18.8 Å². The van der Waals surface area contributed by atoms with Gasteiger partial charge in [-0.2, -0.15) is 0 Å². The second-order valence-electron chi connectivity index (χ2n) is 10.9. The summed E-state index contributed by atoms with van der Waals surface area (Å²) in [6.07, 6.45) is 1.08. The van der Waals surface area contributed by atoms with Gasteiger partial charge < -0.3 is 10.0 Å². The van der Waals surface area contributed by atoms with Crippen LogP contribution in [0, 0.1) is 22.2 Å². The number of aliphatic carboxylic acids is 1. The van der Waals surface area contributed by atoms with Crippen molar-refractivity contribution in [2.75, 3.05) is 6.54 Å². The predicted molar refractivity (Wildman–Crippen MR) is 104 cm³/mol. The SMILES string of the molecule is CC(C)(C)C1=NC(C(C)(C)C)C(C(C)(C)C)=C2CC(CC(=O)O)CN12. The van der Waals surface area contributed by atoms with Gasteiger partial charge in [0.2, 0.25) is 0 Å². The first-order valence-corrected chi connectivity index (χ1v) is 9.43. The number of hydrogen-bond acceptors (Lipinski definition) is 3. The molecular weight excluding hydrogens is 312 g/mol. The van der Waals surface area contributed by atoms with Crippen molar-refractivity contribution >= 4 is 11.8 Å². The van der Waals surface area contributed by atoms with E-state index in [2.05, 4.69) is 67.2 Å². The van der Waals surface area contributed by atoms with Gasteiger partial charge in [0.1, 0.15) is 5.84 Å². The Labute approximate surface area is 153 Å². The van der Waals surface area contributed by atoms with E-state index in [1.165, 1.54) is 11.3 Å². The van der Waals surface area contributed by atoms with E-state index >= 15 is 0 Å². The molecule has 1 saturated heterocycles. The van der Waals surface area contributed by atoms with Crippen molar-refractivity contribution in [3.63, 3.8) is 0 Å². The molecule has 2 rings (SSSR count). The summed E-state index contributed by atoms with van der Waals surface area (Å²) in [7, 11) is 0. The molecule has 0 saturated carbocycles. The van der Waals surface area contributed by atoms with Crippen LogP contribution in [0.1, 0.15) is 75.2 Å². The van der Waals surface area contributed by atoms with Crippen molar-refractivity contribution in [3.05, 3.63) is 11.3 Å². The molecule has 1 N–H and O–H groups in total. The van der Waals surface area contributed by atoms with Crippen molar-refractivity contribution in [1.29, 1.82) is 0 Å². The summed E-state index contributed by atoms with van der Waals surface area (Å²) in [4.78, 5) is 18.9. The highest BCUT2D eigenvalue weighted by Crippen LogP contribution is 2.48. The molecule has 0 amide bonds. The van der Waals surface area contributed by atoms with Gasteiger partial charge >= 0.3 is 5.97 Å². The maximum Gasteiger partial charge on any atom is 0.303 e. The Morgan fingerprint density at radius 2 is 1.64 bits per heavy atom. The Morgan fingerprint density at radius 1 is 1.08 bits per heavy atom. The summed E-state index contributed by atoms with van der Waals surface area (Å²) in [6, 6.07) is 0.136. The highest BCUT2D eigenvalue weighted by atomic mass is 16.4. The maximum atomic E-state index is 11.3. The topological polar surface area (TPSA) is 52.9 Å². The van der Waals surface area contributed by atoms with E-state index in [9.17, 15) is 9.90 Å². The molecule has 0 spiro atoms. The molecule has 0 aromatic heterocycles. The quantitative estimate of drug-likeness (QED) is 0.767. The molecule has 2 heterocycles. The van der Waals surface area contributed by atoms with Crippen LogP contribution in [-0.4, -0.2) is 34.4 Å². The molecule has 25 heavy (non-hydrogen) atoms. The molecule has 2 aliphatic heterocycles. The summed E-state index contributed by atoms with van der Waals surface area (Å²) in [5.41, 5.74) is 2.70. The zero-order valence-corrected chi connectivity index (χ0v) is 17.5.